The van der Waals surface area contributed by atoms with Crippen LogP contribution in [0.3, 0.4) is 0 Å². The Hall–Kier alpha value is -2.15. The van der Waals surface area contributed by atoms with Crippen molar-refractivity contribution >= 4 is 24.2 Å². The molecule has 6 nitrogen and oxygen atoms in total. The number of H-pyrrole nitrogens is 1. The highest BCUT2D eigenvalue weighted by molar-refractivity contribution is 7.71. The molecular weight excluding hydrogens is 312 g/mol. The zero-order valence-electron chi connectivity index (χ0n) is 13.1. The number of nitrogens with one attached hydrogen (secondary N) is 1. The lowest BCUT2D eigenvalue weighted by molar-refractivity contribution is -0.127. The molecular formula is C16H20N4O2S. The number of hydrogen-bond acceptors (Lipinski definition) is 4. The number of carbonyl (C=O) groups is 1. The SMILES string of the molecule is CCn1c([C@H]2CCCN(C(=O)/C=C\c3ccco3)C2)n[nH]c1=S. The number of carbonyl (C=O) groups excluding carboxylic acids is 1. The average Bonchev–Trinajstić information content (AvgIpc) is 3.22. The molecule has 0 radical (unpaired) electrons. The van der Waals surface area contributed by atoms with Gasteiger partial charge in [-0.15, -0.1) is 0 Å². The molecule has 0 spiro atoms. The van der Waals surface area contributed by atoms with Gasteiger partial charge in [0.2, 0.25) is 5.91 Å². The molecule has 2 aromatic rings. The number of nitrogens with zero attached hydrogens (tertiary/aromatic N) is 3. The van der Waals surface area contributed by atoms with E-state index in [1.165, 1.54) is 0 Å². The van der Waals surface area contributed by atoms with Crippen molar-refractivity contribution in [3.63, 3.8) is 0 Å². The van der Waals surface area contributed by atoms with E-state index in [1.807, 2.05) is 22.5 Å². The highest BCUT2D eigenvalue weighted by atomic mass is 32.1. The fourth-order valence-electron chi connectivity index (χ4n) is 2.98. The van der Waals surface area contributed by atoms with Crippen molar-refractivity contribution in [2.75, 3.05) is 13.1 Å². The lowest BCUT2D eigenvalue weighted by atomic mass is 9.97. The van der Waals surface area contributed by atoms with E-state index in [0.29, 0.717) is 17.1 Å². The third kappa shape index (κ3) is 3.44. The van der Waals surface area contributed by atoms with Crippen molar-refractivity contribution in [3.8, 4) is 0 Å². The third-order valence-electron chi connectivity index (χ3n) is 4.14. The summed E-state index contributed by atoms with van der Waals surface area (Å²) in [5, 5.41) is 7.22. The van der Waals surface area contributed by atoms with Crippen LogP contribution < -0.4 is 0 Å². The van der Waals surface area contributed by atoms with Gasteiger partial charge in [0.05, 0.1) is 6.26 Å². The molecule has 1 N–H and O–H groups in total. The van der Waals surface area contributed by atoms with Gasteiger partial charge in [-0.05, 0) is 50.2 Å². The fraction of sp³-hybridized carbons (Fsp3) is 0.438. The van der Waals surface area contributed by atoms with Crippen molar-refractivity contribution in [3.05, 3.63) is 40.8 Å². The standard InChI is InChI=1S/C16H20N4O2S/c1-2-20-15(17-18-16(20)23)12-5-3-9-19(11-12)14(21)8-7-13-6-4-10-22-13/h4,6-8,10,12H,2-3,5,9,11H2,1H3,(H,18,23)/b8-7-/t12-/m0/s1. The largest absolute Gasteiger partial charge is 0.465 e. The minimum absolute atomic E-state index is 0.00304. The Balaban J connectivity index is 1.70. The van der Waals surface area contributed by atoms with Gasteiger partial charge >= 0.3 is 0 Å². The Labute approximate surface area is 139 Å². The van der Waals surface area contributed by atoms with Crippen LogP contribution in [0.4, 0.5) is 0 Å². The van der Waals surface area contributed by atoms with Crippen molar-refractivity contribution in [1.29, 1.82) is 0 Å². The highest BCUT2D eigenvalue weighted by Crippen LogP contribution is 2.26. The first kappa shape index (κ1) is 15.7. The van der Waals surface area contributed by atoms with E-state index in [-0.39, 0.29) is 11.8 Å². The van der Waals surface area contributed by atoms with Gasteiger partial charge in [0.25, 0.3) is 0 Å². The first-order valence-corrected chi connectivity index (χ1v) is 8.25. The zero-order chi connectivity index (χ0) is 16.2. The molecule has 0 bridgehead atoms. The number of piperidine rings is 1. The average molecular weight is 332 g/mol. The molecule has 0 aliphatic carbocycles. The molecule has 122 valence electrons. The van der Waals surface area contributed by atoms with Gasteiger partial charge in [0, 0.05) is 31.6 Å². The predicted molar refractivity (Wildman–Crippen MR) is 89.4 cm³/mol. The molecule has 2 aromatic heterocycles. The molecule has 23 heavy (non-hydrogen) atoms. The summed E-state index contributed by atoms with van der Waals surface area (Å²) in [4.78, 5) is 14.2. The molecule has 3 heterocycles. The molecule has 1 aliphatic heterocycles. The maximum atomic E-state index is 12.4. The summed E-state index contributed by atoms with van der Waals surface area (Å²) in [6.07, 6.45) is 6.85. The Morgan fingerprint density at radius 1 is 1.61 bits per heavy atom. The first-order chi connectivity index (χ1) is 11.2. The molecule has 3 rings (SSSR count). The molecule has 1 amide bonds. The highest BCUT2D eigenvalue weighted by Gasteiger charge is 2.27. The monoisotopic (exact) mass is 332 g/mol. The van der Waals surface area contributed by atoms with Crippen molar-refractivity contribution in [2.24, 2.45) is 0 Å². The van der Waals surface area contributed by atoms with E-state index in [4.69, 9.17) is 16.6 Å². The van der Waals surface area contributed by atoms with Crippen LogP contribution in [0.2, 0.25) is 0 Å². The van der Waals surface area contributed by atoms with Crippen LogP contribution in [0.1, 0.15) is 37.3 Å². The number of rotatable bonds is 4. The van der Waals surface area contributed by atoms with E-state index >= 15 is 0 Å². The van der Waals surface area contributed by atoms with E-state index < -0.39 is 0 Å². The van der Waals surface area contributed by atoms with E-state index in [1.54, 1.807) is 24.5 Å². The first-order valence-electron chi connectivity index (χ1n) is 7.84. The number of aromatic amines is 1. The second-order valence-corrected chi connectivity index (χ2v) is 5.99. The Kier molecular flexibility index (Phi) is 4.76. The summed E-state index contributed by atoms with van der Waals surface area (Å²) < 4.78 is 7.86. The predicted octanol–water partition coefficient (Wildman–Crippen LogP) is 2.97. The van der Waals surface area contributed by atoms with Gasteiger partial charge in [-0.2, -0.15) is 5.10 Å². The van der Waals surface area contributed by atoms with Gasteiger partial charge < -0.3 is 13.9 Å². The van der Waals surface area contributed by atoms with Crippen LogP contribution in [0.15, 0.2) is 28.9 Å². The summed E-state index contributed by atoms with van der Waals surface area (Å²) in [7, 11) is 0. The second-order valence-electron chi connectivity index (χ2n) is 5.60. The summed E-state index contributed by atoms with van der Waals surface area (Å²) in [5.74, 6) is 1.85. The number of hydrogen-bond donors (Lipinski definition) is 1. The number of furan rings is 1. The minimum Gasteiger partial charge on any atom is -0.465 e. The fourth-order valence-corrected chi connectivity index (χ4v) is 3.25. The maximum absolute atomic E-state index is 12.4. The molecule has 7 heteroatoms. The van der Waals surface area contributed by atoms with Crippen LogP contribution in [-0.4, -0.2) is 38.7 Å². The second kappa shape index (κ2) is 6.95. The van der Waals surface area contributed by atoms with E-state index in [9.17, 15) is 4.79 Å². The van der Waals surface area contributed by atoms with Gasteiger partial charge in [-0.25, -0.2) is 0 Å². The van der Waals surface area contributed by atoms with E-state index in [0.717, 1.165) is 31.8 Å². The Morgan fingerprint density at radius 3 is 3.22 bits per heavy atom. The summed E-state index contributed by atoms with van der Waals surface area (Å²) in [6.45, 7) is 4.27. The number of amides is 1. The smallest absolute Gasteiger partial charge is 0.246 e. The molecule has 1 aliphatic rings. The van der Waals surface area contributed by atoms with Crippen LogP contribution in [0, 0.1) is 4.77 Å². The van der Waals surface area contributed by atoms with Crippen molar-refractivity contribution < 1.29 is 9.21 Å². The number of likely N-dealkylation sites (tertiary alicyclic amines) is 1. The van der Waals surface area contributed by atoms with Crippen LogP contribution >= 0.6 is 12.2 Å². The summed E-state index contributed by atoms with van der Waals surface area (Å²) in [6, 6.07) is 3.62. The molecule has 0 saturated carbocycles. The van der Waals surface area contributed by atoms with Crippen LogP contribution in [0.25, 0.3) is 6.08 Å². The third-order valence-corrected chi connectivity index (χ3v) is 4.45. The Morgan fingerprint density at radius 2 is 2.48 bits per heavy atom. The minimum atomic E-state index is 0.00304. The maximum Gasteiger partial charge on any atom is 0.246 e. The lowest BCUT2D eigenvalue weighted by Gasteiger charge is -2.31. The van der Waals surface area contributed by atoms with Gasteiger partial charge in [0.15, 0.2) is 4.77 Å². The van der Waals surface area contributed by atoms with Gasteiger partial charge in [-0.3, -0.25) is 9.89 Å². The Bertz CT molecular complexity index is 744. The van der Waals surface area contributed by atoms with E-state index in [2.05, 4.69) is 10.2 Å². The normalized spacial score (nSPS) is 18.7. The topological polar surface area (TPSA) is 67.1 Å². The van der Waals surface area contributed by atoms with Crippen LogP contribution in [0.5, 0.6) is 0 Å². The molecule has 1 fully saturated rings. The number of aromatic nitrogens is 3. The lowest BCUT2D eigenvalue weighted by Crippen LogP contribution is -2.38. The van der Waals surface area contributed by atoms with Gasteiger partial charge in [-0.1, -0.05) is 0 Å². The molecule has 0 aromatic carbocycles. The van der Waals surface area contributed by atoms with Gasteiger partial charge in [0.1, 0.15) is 11.6 Å². The summed E-state index contributed by atoms with van der Waals surface area (Å²) in [5.41, 5.74) is 0. The van der Waals surface area contributed by atoms with Crippen molar-refractivity contribution in [1.82, 2.24) is 19.7 Å². The molecule has 0 unspecified atom stereocenters. The summed E-state index contributed by atoms with van der Waals surface area (Å²) >= 11 is 5.25. The zero-order valence-corrected chi connectivity index (χ0v) is 13.9. The molecule has 1 atom stereocenters. The van der Waals surface area contributed by atoms with Crippen LogP contribution in [-0.2, 0) is 11.3 Å². The molecule has 1 saturated heterocycles. The van der Waals surface area contributed by atoms with Crippen molar-refractivity contribution in [2.45, 2.75) is 32.2 Å². The quantitative estimate of drug-likeness (QED) is 0.690.